The number of carboxylic acid groups (broad SMARTS) is 1. The zero-order valence-corrected chi connectivity index (χ0v) is 18.9. The van der Waals surface area contributed by atoms with Crippen LogP contribution in [0.4, 0.5) is 14.5 Å². The summed E-state index contributed by atoms with van der Waals surface area (Å²) in [5.41, 5.74) is 0.0335. The topological polar surface area (TPSA) is 126 Å². The third-order valence-corrected chi connectivity index (χ3v) is 6.73. The first kappa shape index (κ1) is 23.1. The summed E-state index contributed by atoms with van der Waals surface area (Å²) < 4.78 is 52.5. The molecule has 0 spiro atoms. The summed E-state index contributed by atoms with van der Waals surface area (Å²) >= 11 is 0. The average molecular weight is 503 g/mol. The molecule has 6 rings (SSSR count). The third-order valence-electron chi connectivity index (χ3n) is 6.73. The molecule has 0 saturated carbocycles. The molecule has 5 heterocycles. The van der Waals surface area contributed by atoms with Crippen LogP contribution in [0.25, 0.3) is 22.3 Å². The molecule has 3 saturated heterocycles. The van der Waals surface area contributed by atoms with Crippen molar-refractivity contribution in [3.63, 3.8) is 0 Å². The van der Waals surface area contributed by atoms with E-state index < -0.39 is 42.0 Å². The quantitative estimate of drug-likeness (QED) is 0.479. The van der Waals surface area contributed by atoms with Gasteiger partial charge in [-0.05, 0) is 24.3 Å². The number of halogens is 2. The number of hydrogen-bond acceptors (Lipinski definition) is 8. The molecule has 0 amide bonds. The number of fused-ring (bicyclic) bond motifs is 2. The first-order chi connectivity index (χ1) is 17.4. The average Bonchev–Trinajstić information content (AvgIpc) is 3.54. The van der Waals surface area contributed by atoms with Gasteiger partial charge in [-0.1, -0.05) is 0 Å². The number of aromatic amines is 1. The molecule has 3 aliphatic rings. The molecule has 3 aliphatic heterocycles. The van der Waals surface area contributed by atoms with E-state index in [-0.39, 0.29) is 41.4 Å². The van der Waals surface area contributed by atoms with Crippen molar-refractivity contribution in [2.24, 2.45) is 0 Å². The van der Waals surface area contributed by atoms with Gasteiger partial charge in [0.15, 0.2) is 6.10 Å². The highest BCUT2D eigenvalue weighted by molar-refractivity contribution is 6.04. The molecule has 0 aliphatic carbocycles. The Kier molecular flexibility index (Phi) is 5.75. The second-order valence-electron chi connectivity index (χ2n) is 8.93. The molecule has 3 N–H and O–H groups in total. The van der Waals surface area contributed by atoms with E-state index in [1.54, 1.807) is 0 Å². The summed E-state index contributed by atoms with van der Waals surface area (Å²) in [6, 6.07) is 5.39. The van der Waals surface area contributed by atoms with Crippen LogP contribution in [0.2, 0.25) is 0 Å². The molecule has 3 fully saturated rings. The predicted octanol–water partition coefficient (Wildman–Crippen LogP) is 1.95. The van der Waals surface area contributed by atoms with Crippen LogP contribution in [0, 0.1) is 11.6 Å². The van der Waals surface area contributed by atoms with Crippen molar-refractivity contribution in [2.75, 3.05) is 44.4 Å². The van der Waals surface area contributed by atoms with Gasteiger partial charge in [0.2, 0.25) is 5.88 Å². The van der Waals surface area contributed by atoms with Crippen LogP contribution in [0.5, 0.6) is 5.88 Å². The van der Waals surface area contributed by atoms with Crippen LogP contribution in [-0.4, -0.2) is 90.1 Å². The Morgan fingerprint density at radius 1 is 1.11 bits per heavy atom. The highest BCUT2D eigenvalue weighted by atomic mass is 19.1. The zero-order chi connectivity index (χ0) is 25.0. The number of pyridine rings is 1. The van der Waals surface area contributed by atoms with Crippen LogP contribution in [0.1, 0.15) is 10.4 Å². The van der Waals surface area contributed by atoms with Gasteiger partial charge in [-0.15, -0.1) is 0 Å². The van der Waals surface area contributed by atoms with Gasteiger partial charge in [0, 0.05) is 18.8 Å². The molecular weight excluding hydrogens is 480 g/mol. The van der Waals surface area contributed by atoms with Crippen molar-refractivity contribution in [1.82, 2.24) is 9.97 Å². The Morgan fingerprint density at radius 3 is 2.56 bits per heavy atom. The van der Waals surface area contributed by atoms with Gasteiger partial charge >= 0.3 is 5.97 Å². The summed E-state index contributed by atoms with van der Waals surface area (Å²) in [6.45, 7) is 2.19. The minimum Gasteiger partial charge on any atom is -0.477 e. The maximum atomic E-state index is 15.1. The van der Waals surface area contributed by atoms with E-state index in [0.29, 0.717) is 37.5 Å². The molecule has 4 atom stereocenters. The highest BCUT2D eigenvalue weighted by Gasteiger charge is 2.49. The lowest BCUT2D eigenvalue weighted by Crippen LogP contribution is -2.36. The van der Waals surface area contributed by atoms with E-state index in [0.717, 1.165) is 0 Å². The fraction of sp³-hybridized carbons (Fsp3) is 0.417. The molecule has 12 heteroatoms. The van der Waals surface area contributed by atoms with Crippen molar-refractivity contribution in [3.8, 4) is 17.1 Å². The highest BCUT2D eigenvalue weighted by Crippen LogP contribution is 2.35. The molecule has 2 aromatic heterocycles. The maximum Gasteiger partial charge on any atom is 0.343 e. The van der Waals surface area contributed by atoms with Crippen molar-refractivity contribution in [2.45, 2.75) is 24.4 Å². The number of carboxylic acids is 1. The van der Waals surface area contributed by atoms with Gasteiger partial charge in [-0.2, -0.15) is 0 Å². The second-order valence-corrected chi connectivity index (χ2v) is 8.93. The minimum absolute atomic E-state index is 0.00565. The second kappa shape index (κ2) is 8.96. The lowest BCUT2D eigenvalue weighted by atomic mass is 10.1. The molecule has 0 bridgehead atoms. The van der Waals surface area contributed by atoms with Crippen molar-refractivity contribution >= 4 is 22.7 Å². The zero-order valence-electron chi connectivity index (χ0n) is 18.9. The summed E-state index contributed by atoms with van der Waals surface area (Å²) in [7, 11) is 0. The van der Waals surface area contributed by atoms with Gasteiger partial charge in [-0.3, -0.25) is 0 Å². The van der Waals surface area contributed by atoms with E-state index in [9.17, 15) is 15.0 Å². The molecule has 1 unspecified atom stereocenters. The largest absolute Gasteiger partial charge is 0.477 e. The van der Waals surface area contributed by atoms with Gasteiger partial charge in [0.05, 0.1) is 43.2 Å². The number of ether oxygens (including phenoxy) is 4. The number of nitrogens with zero attached hydrogens (tertiary/aromatic N) is 2. The van der Waals surface area contributed by atoms with Crippen molar-refractivity contribution in [3.05, 3.63) is 41.5 Å². The van der Waals surface area contributed by atoms with E-state index in [1.165, 1.54) is 24.3 Å². The molecule has 190 valence electrons. The van der Waals surface area contributed by atoms with Gasteiger partial charge in [0.25, 0.3) is 0 Å². The first-order valence-electron chi connectivity index (χ1n) is 11.6. The molecule has 3 aromatic rings. The van der Waals surface area contributed by atoms with Crippen molar-refractivity contribution < 1.29 is 42.7 Å². The number of aromatic carboxylic acids is 1. The third kappa shape index (κ3) is 3.86. The predicted molar refractivity (Wildman–Crippen MR) is 121 cm³/mol. The van der Waals surface area contributed by atoms with Crippen molar-refractivity contribution in [1.29, 1.82) is 0 Å². The number of rotatable bonds is 5. The van der Waals surface area contributed by atoms with Gasteiger partial charge < -0.3 is 39.0 Å². The SMILES string of the molecule is O=C(O)c1c(O[C@@H]2COC3[C@H](O)CO[C@@H]32)[nH]c2ccc(-c3c(F)cc(N4CCOCC4)cc3F)nc12. The summed E-state index contributed by atoms with van der Waals surface area (Å²) in [6.07, 6.45) is -2.54. The number of anilines is 1. The molecule has 10 nitrogen and oxygen atoms in total. The van der Waals surface area contributed by atoms with E-state index in [2.05, 4.69) is 9.97 Å². The number of nitrogens with one attached hydrogen (secondary N) is 1. The fourth-order valence-corrected chi connectivity index (χ4v) is 4.97. The van der Waals surface area contributed by atoms with Crippen LogP contribution in [0.3, 0.4) is 0 Å². The van der Waals surface area contributed by atoms with Crippen LogP contribution in [-0.2, 0) is 14.2 Å². The molecule has 36 heavy (non-hydrogen) atoms. The number of benzene rings is 1. The van der Waals surface area contributed by atoms with Crippen LogP contribution in [0.15, 0.2) is 24.3 Å². The van der Waals surface area contributed by atoms with Crippen LogP contribution >= 0.6 is 0 Å². The number of carbonyl (C=O) groups is 1. The summed E-state index contributed by atoms with van der Waals surface area (Å²) in [5.74, 6) is -3.02. The number of morpholine rings is 1. The smallest absolute Gasteiger partial charge is 0.343 e. The number of aromatic nitrogens is 2. The standard InChI is InChI=1S/C24H23F2N3O7/c25-12-7-11(29-3-5-33-6-4-29)8-13(26)18(12)14-1-2-15-20(27-14)19(24(31)32)23(28-15)36-17-10-35-21-16(30)9-34-22(17)21/h1-2,7-8,16-17,21-22,28,30H,3-6,9-10H2,(H,31,32)/t16-,17-,21?,22-/m1/s1. The van der Waals surface area contributed by atoms with E-state index in [1.807, 2.05) is 4.90 Å². The van der Waals surface area contributed by atoms with E-state index >= 15 is 8.78 Å². The summed E-state index contributed by atoms with van der Waals surface area (Å²) in [5, 5.41) is 19.8. The Bertz CT molecular complexity index is 1300. The number of aliphatic hydroxyl groups is 1. The Morgan fingerprint density at radius 2 is 1.83 bits per heavy atom. The molecular formula is C24H23F2N3O7. The Labute approximate surface area is 203 Å². The van der Waals surface area contributed by atoms with Crippen LogP contribution < -0.4 is 9.64 Å². The lowest BCUT2D eigenvalue weighted by Gasteiger charge is -2.29. The normalized spacial score (nSPS) is 25.9. The van der Waals surface area contributed by atoms with Gasteiger partial charge in [0.1, 0.15) is 41.0 Å². The number of H-pyrrole nitrogens is 1. The Balaban J connectivity index is 1.35. The van der Waals surface area contributed by atoms with E-state index in [4.69, 9.17) is 18.9 Å². The van der Waals surface area contributed by atoms with Gasteiger partial charge in [-0.25, -0.2) is 18.6 Å². The minimum atomic E-state index is -1.33. The number of hydrogen-bond donors (Lipinski definition) is 3. The monoisotopic (exact) mass is 503 g/mol. The Hall–Kier alpha value is -3.32. The lowest BCUT2D eigenvalue weighted by molar-refractivity contribution is 0.00766. The first-order valence-corrected chi connectivity index (χ1v) is 11.6. The number of aliphatic hydroxyl groups excluding tert-OH is 1. The molecule has 1 aromatic carbocycles. The molecule has 0 radical (unpaired) electrons. The fourth-order valence-electron chi connectivity index (χ4n) is 4.97. The maximum absolute atomic E-state index is 15.1. The summed E-state index contributed by atoms with van der Waals surface area (Å²) in [4.78, 5) is 21.2.